The Labute approximate surface area is 106 Å². The van der Waals surface area contributed by atoms with Gasteiger partial charge in [0.15, 0.2) is 0 Å². The summed E-state index contributed by atoms with van der Waals surface area (Å²) in [5, 5.41) is 12.4. The molecular formula is C14H28N2O. The second kappa shape index (κ2) is 6.72. The Bertz CT molecular complexity index is 216. The molecule has 0 spiro atoms. The maximum atomic E-state index is 8.90. The van der Waals surface area contributed by atoms with Crippen molar-refractivity contribution in [3.05, 3.63) is 0 Å². The van der Waals surface area contributed by atoms with Crippen molar-refractivity contribution in [3.8, 4) is 0 Å². The van der Waals surface area contributed by atoms with Crippen molar-refractivity contribution < 1.29 is 5.11 Å². The fourth-order valence-electron chi connectivity index (χ4n) is 3.20. The first-order valence-electron chi connectivity index (χ1n) is 7.38. The Hall–Kier alpha value is -0.120. The molecule has 0 radical (unpaired) electrons. The number of rotatable bonds is 6. The molecule has 2 atom stereocenters. The molecule has 1 saturated carbocycles. The van der Waals surface area contributed by atoms with E-state index < -0.39 is 0 Å². The molecular weight excluding hydrogens is 212 g/mol. The number of aliphatic hydroxyl groups excluding tert-OH is 1. The van der Waals surface area contributed by atoms with E-state index in [0.717, 1.165) is 18.4 Å². The summed E-state index contributed by atoms with van der Waals surface area (Å²) in [6.45, 7) is 7.11. The number of likely N-dealkylation sites (tertiary alicyclic amines) is 1. The van der Waals surface area contributed by atoms with Crippen LogP contribution in [0.5, 0.6) is 0 Å². The standard InChI is InChI=1S/C14H28N2O/c1-2-12-8-14(15-6-7-17)11-16(9-12)10-13-4-3-5-13/h12-15,17H,2-11H2,1H3. The highest BCUT2D eigenvalue weighted by molar-refractivity contribution is 4.85. The monoisotopic (exact) mass is 240 g/mol. The minimum absolute atomic E-state index is 0.260. The van der Waals surface area contributed by atoms with Gasteiger partial charge in [0, 0.05) is 32.2 Å². The quantitative estimate of drug-likeness (QED) is 0.738. The Morgan fingerprint density at radius 2 is 2.06 bits per heavy atom. The summed E-state index contributed by atoms with van der Waals surface area (Å²) in [6.07, 6.45) is 6.92. The van der Waals surface area contributed by atoms with E-state index in [9.17, 15) is 0 Å². The third-order valence-electron chi connectivity index (χ3n) is 4.48. The molecule has 17 heavy (non-hydrogen) atoms. The van der Waals surface area contributed by atoms with Crippen LogP contribution in [-0.2, 0) is 0 Å². The van der Waals surface area contributed by atoms with E-state index in [0.29, 0.717) is 6.04 Å². The lowest BCUT2D eigenvalue weighted by molar-refractivity contribution is 0.0985. The van der Waals surface area contributed by atoms with E-state index >= 15 is 0 Å². The molecule has 0 aromatic rings. The zero-order valence-corrected chi connectivity index (χ0v) is 11.2. The van der Waals surface area contributed by atoms with Crippen LogP contribution in [0.4, 0.5) is 0 Å². The number of piperidine rings is 1. The van der Waals surface area contributed by atoms with Crippen molar-refractivity contribution in [2.75, 3.05) is 32.8 Å². The number of hydrogen-bond donors (Lipinski definition) is 2. The lowest BCUT2D eigenvalue weighted by Gasteiger charge is -2.41. The third kappa shape index (κ3) is 3.94. The van der Waals surface area contributed by atoms with Gasteiger partial charge in [0.05, 0.1) is 6.61 Å². The van der Waals surface area contributed by atoms with Gasteiger partial charge >= 0.3 is 0 Å². The smallest absolute Gasteiger partial charge is 0.0556 e. The van der Waals surface area contributed by atoms with E-state index in [1.165, 1.54) is 51.7 Å². The van der Waals surface area contributed by atoms with Gasteiger partial charge in [0.25, 0.3) is 0 Å². The molecule has 100 valence electrons. The molecule has 2 fully saturated rings. The molecule has 2 rings (SSSR count). The third-order valence-corrected chi connectivity index (χ3v) is 4.48. The Morgan fingerprint density at radius 3 is 2.65 bits per heavy atom. The second-order valence-corrected chi connectivity index (χ2v) is 5.90. The van der Waals surface area contributed by atoms with Crippen LogP contribution in [0.3, 0.4) is 0 Å². The van der Waals surface area contributed by atoms with Gasteiger partial charge in [-0.25, -0.2) is 0 Å². The van der Waals surface area contributed by atoms with Gasteiger partial charge in [-0.2, -0.15) is 0 Å². The maximum absolute atomic E-state index is 8.90. The SMILES string of the molecule is CCC1CC(NCCO)CN(CC2CCC2)C1. The lowest BCUT2D eigenvalue weighted by atomic mass is 9.83. The molecule has 0 aromatic carbocycles. The Balaban J connectivity index is 1.78. The minimum atomic E-state index is 0.260. The van der Waals surface area contributed by atoms with Crippen LogP contribution in [0.15, 0.2) is 0 Å². The second-order valence-electron chi connectivity index (χ2n) is 5.90. The molecule has 1 heterocycles. The zero-order valence-electron chi connectivity index (χ0n) is 11.2. The summed E-state index contributed by atoms with van der Waals surface area (Å²) in [5.41, 5.74) is 0. The largest absolute Gasteiger partial charge is 0.395 e. The number of nitrogens with zero attached hydrogens (tertiary/aromatic N) is 1. The summed E-state index contributed by atoms with van der Waals surface area (Å²) in [6, 6.07) is 0.598. The normalized spacial score (nSPS) is 31.4. The highest BCUT2D eigenvalue weighted by Crippen LogP contribution is 2.29. The Morgan fingerprint density at radius 1 is 1.24 bits per heavy atom. The zero-order chi connectivity index (χ0) is 12.1. The van der Waals surface area contributed by atoms with E-state index in [2.05, 4.69) is 17.1 Å². The van der Waals surface area contributed by atoms with Gasteiger partial charge < -0.3 is 15.3 Å². The van der Waals surface area contributed by atoms with E-state index in [-0.39, 0.29) is 6.61 Å². The van der Waals surface area contributed by atoms with Gasteiger partial charge in [-0.1, -0.05) is 19.8 Å². The van der Waals surface area contributed by atoms with E-state index in [1.54, 1.807) is 0 Å². The van der Waals surface area contributed by atoms with Crippen molar-refractivity contribution in [1.29, 1.82) is 0 Å². The highest BCUT2D eigenvalue weighted by atomic mass is 16.3. The van der Waals surface area contributed by atoms with E-state index in [1.807, 2.05) is 0 Å². The Kier molecular flexibility index (Phi) is 5.26. The molecule has 3 nitrogen and oxygen atoms in total. The summed E-state index contributed by atoms with van der Waals surface area (Å²) < 4.78 is 0. The molecule has 2 unspecified atom stereocenters. The van der Waals surface area contributed by atoms with Crippen LogP contribution < -0.4 is 5.32 Å². The minimum Gasteiger partial charge on any atom is -0.395 e. The van der Waals surface area contributed by atoms with Crippen molar-refractivity contribution in [3.63, 3.8) is 0 Å². The fourth-order valence-corrected chi connectivity index (χ4v) is 3.20. The first-order chi connectivity index (χ1) is 8.31. The van der Waals surface area contributed by atoms with Crippen molar-refractivity contribution in [2.24, 2.45) is 11.8 Å². The molecule has 0 aromatic heterocycles. The summed E-state index contributed by atoms with van der Waals surface area (Å²) >= 11 is 0. The van der Waals surface area contributed by atoms with Crippen LogP contribution in [-0.4, -0.2) is 48.8 Å². The first kappa shape index (κ1) is 13.3. The molecule has 1 saturated heterocycles. The van der Waals surface area contributed by atoms with Crippen LogP contribution in [0.1, 0.15) is 39.0 Å². The average Bonchev–Trinajstić information content (AvgIpc) is 2.31. The van der Waals surface area contributed by atoms with Gasteiger partial charge in [-0.05, 0) is 31.1 Å². The van der Waals surface area contributed by atoms with Gasteiger partial charge in [0.1, 0.15) is 0 Å². The fraction of sp³-hybridized carbons (Fsp3) is 1.00. The van der Waals surface area contributed by atoms with Crippen molar-refractivity contribution >= 4 is 0 Å². The molecule has 1 aliphatic heterocycles. The van der Waals surface area contributed by atoms with E-state index in [4.69, 9.17) is 5.11 Å². The number of nitrogens with one attached hydrogen (secondary N) is 1. The van der Waals surface area contributed by atoms with Gasteiger partial charge in [-0.15, -0.1) is 0 Å². The van der Waals surface area contributed by atoms with Crippen LogP contribution in [0.2, 0.25) is 0 Å². The number of hydrogen-bond acceptors (Lipinski definition) is 3. The number of aliphatic hydroxyl groups is 1. The molecule has 0 bridgehead atoms. The molecule has 3 heteroatoms. The predicted molar refractivity (Wildman–Crippen MR) is 71.1 cm³/mol. The summed E-state index contributed by atoms with van der Waals surface area (Å²) in [5.74, 6) is 1.82. The summed E-state index contributed by atoms with van der Waals surface area (Å²) in [4.78, 5) is 2.66. The first-order valence-corrected chi connectivity index (χ1v) is 7.38. The van der Waals surface area contributed by atoms with Gasteiger partial charge in [-0.3, -0.25) is 0 Å². The van der Waals surface area contributed by atoms with Crippen LogP contribution in [0.25, 0.3) is 0 Å². The van der Waals surface area contributed by atoms with Crippen LogP contribution >= 0.6 is 0 Å². The molecule has 0 amide bonds. The van der Waals surface area contributed by atoms with Crippen molar-refractivity contribution in [2.45, 2.75) is 45.1 Å². The van der Waals surface area contributed by atoms with Crippen LogP contribution in [0, 0.1) is 11.8 Å². The lowest BCUT2D eigenvalue weighted by Crippen LogP contribution is -2.51. The molecule has 1 aliphatic carbocycles. The maximum Gasteiger partial charge on any atom is 0.0556 e. The molecule has 2 N–H and O–H groups in total. The molecule has 2 aliphatic rings. The topological polar surface area (TPSA) is 35.5 Å². The summed E-state index contributed by atoms with van der Waals surface area (Å²) in [7, 11) is 0. The predicted octanol–water partition coefficient (Wildman–Crippen LogP) is 1.47. The average molecular weight is 240 g/mol. The van der Waals surface area contributed by atoms with Crippen molar-refractivity contribution in [1.82, 2.24) is 10.2 Å². The van der Waals surface area contributed by atoms with Gasteiger partial charge in [0.2, 0.25) is 0 Å². The highest BCUT2D eigenvalue weighted by Gasteiger charge is 2.28.